The van der Waals surface area contributed by atoms with E-state index in [1.54, 1.807) is 0 Å². The van der Waals surface area contributed by atoms with Gasteiger partial charge in [-0.2, -0.15) is 0 Å². The molecule has 0 aromatic heterocycles. The minimum Gasteiger partial charge on any atom is -0.338 e. The predicted octanol–water partition coefficient (Wildman–Crippen LogP) is 3.19. The summed E-state index contributed by atoms with van der Waals surface area (Å²) in [4.78, 5) is 14.7. The van der Waals surface area contributed by atoms with Crippen molar-refractivity contribution in [3.8, 4) is 0 Å². The number of carbonyl (C=O) groups is 1. The maximum Gasteiger partial charge on any atom is 0.260 e. The molecule has 20 heavy (non-hydrogen) atoms. The van der Waals surface area contributed by atoms with Gasteiger partial charge in [-0.1, -0.05) is 46.3 Å². The number of ether oxygens (including phenoxy) is 1. The van der Waals surface area contributed by atoms with Crippen LogP contribution in [0.3, 0.4) is 0 Å². The molecule has 0 unspecified atom stereocenters. The van der Waals surface area contributed by atoms with E-state index in [4.69, 9.17) is 4.74 Å². The Kier molecular flexibility index (Phi) is 2.73. The van der Waals surface area contributed by atoms with Crippen LogP contribution in [0, 0.1) is 5.92 Å². The second-order valence-corrected chi connectivity index (χ2v) is 7.89. The highest BCUT2D eigenvalue weighted by molar-refractivity contribution is 9.12. The van der Waals surface area contributed by atoms with Crippen molar-refractivity contribution in [2.24, 2.45) is 5.92 Å². The van der Waals surface area contributed by atoms with Gasteiger partial charge in [-0.25, -0.2) is 0 Å². The second-order valence-electron chi connectivity index (χ2n) is 5.69. The zero-order valence-electron chi connectivity index (χ0n) is 10.7. The molecule has 3 atom stereocenters. The molecule has 1 amide bonds. The molecule has 1 spiro atoms. The molecule has 104 valence electrons. The quantitative estimate of drug-likeness (QED) is 0.716. The average molecular weight is 399 g/mol. The fourth-order valence-corrected chi connectivity index (χ4v) is 5.66. The number of likely N-dealkylation sites (tertiary alicyclic amines) is 1. The van der Waals surface area contributed by atoms with Gasteiger partial charge >= 0.3 is 0 Å². The van der Waals surface area contributed by atoms with Crippen LogP contribution < -0.4 is 0 Å². The summed E-state index contributed by atoms with van der Waals surface area (Å²) in [6.07, 6.45) is 2.83. The summed E-state index contributed by atoms with van der Waals surface area (Å²) in [5.41, 5.74) is 0.374. The molecule has 0 N–H and O–H groups in total. The Morgan fingerprint density at radius 2 is 2.10 bits per heavy atom. The lowest BCUT2D eigenvalue weighted by Gasteiger charge is -2.24. The summed E-state index contributed by atoms with van der Waals surface area (Å²) in [7, 11) is 0. The third-order valence-corrected chi connectivity index (χ3v) is 5.92. The van der Waals surface area contributed by atoms with Crippen molar-refractivity contribution in [2.75, 3.05) is 6.54 Å². The van der Waals surface area contributed by atoms with Gasteiger partial charge in [0.05, 0.1) is 0 Å². The van der Waals surface area contributed by atoms with E-state index in [1.807, 2.05) is 41.3 Å². The zero-order chi connectivity index (χ0) is 14.0. The standard InChI is InChI=1S/C15H13Br2NO2/c16-12-7-14(17)6-11-9-18(13(19)15(11,12)20-14)8-10-4-2-1-3-5-10/h1-5,7,11H,6,8-9H2/t11-,14-,15+/m1/s1. The maximum absolute atomic E-state index is 12.8. The number of halogens is 2. The number of nitrogens with zero attached hydrogens (tertiary/aromatic N) is 1. The van der Waals surface area contributed by atoms with Crippen molar-refractivity contribution >= 4 is 37.8 Å². The third-order valence-electron chi connectivity index (χ3n) is 4.39. The normalized spacial score (nSPS) is 38.3. The first kappa shape index (κ1) is 13.0. The molecule has 2 bridgehead atoms. The lowest BCUT2D eigenvalue weighted by molar-refractivity contribution is -0.143. The SMILES string of the molecule is O=C1N(Cc2ccccc2)C[C@H]2C[C@]3(Br)C=C(Br)[C@]12O3. The smallest absolute Gasteiger partial charge is 0.260 e. The fraction of sp³-hybridized carbons (Fsp3) is 0.400. The highest BCUT2D eigenvalue weighted by Crippen LogP contribution is 2.61. The van der Waals surface area contributed by atoms with E-state index in [0.717, 1.165) is 23.0 Å². The van der Waals surface area contributed by atoms with Crippen LogP contribution in [0.15, 0.2) is 40.9 Å². The van der Waals surface area contributed by atoms with Gasteiger partial charge in [0.25, 0.3) is 5.91 Å². The van der Waals surface area contributed by atoms with E-state index in [1.165, 1.54) is 0 Å². The Morgan fingerprint density at radius 1 is 1.35 bits per heavy atom. The van der Waals surface area contributed by atoms with Gasteiger partial charge < -0.3 is 9.64 Å². The van der Waals surface area contributed by atoms with Crippen LogP contribution in [0.25, 0.3) is 0 Å². The number of amides is 1. The largest absolute Gasteiger partial charge is 0.338 e. The fourth-order valence-electron chi connectivity index (χ4n) is 3.54. The lowest BCUT2D eigenvalue weighted by Crippen LogP contribution is -2.41. The number of hydrogen-bond acceptors (Lipinski definition) is 2. The Bertz CT molecular complexity index is 618. The summed E-state index contributed by atoms with van der Waals surface area (Å²) < 4.78 is 6.47. The van der Waals surface area contributed by atoms with Gasteiger partial charge in [0.2, 0.25) is 0 Å². The average Bonchev–Trinajstić information content (AvgIpc) is 2.94. The van der Waals surface area contributed by atoms with E-state index < -0.39 is 10.1 Å². The van der Waals surface area contributed by atoms with Crippen LogP contribution >= 0.6 is 31.9 Å². The van der Waals surface area contributed by atoms with Gasteiger partial charge in [0.1, 0.15) is 4.51 Å². The first-order valence-electron chi connectivity index (χ1n) is 6.65. The molecule has 3 nitrogen and oxygen atoms in total. The van der Waals surface area contributed by atoms with E-state index in [9.17, 15) is 4.79 Å². The van der Waals surface area contributed by atoms with Gasteiger partial charge in [-0.05, 0) is 34.0 Å². The Hall–Kier alpha value is -0.650. The summed E-state index contributed by atoms with van der Waals surface area (Å²) in [6.45, 7) is 1.40. The number of benzene rings is 1. The van der Waals surface area contributed by atoms with Crippen LogP contribution in [0.4, 0.5) is 0 Å². The molecule has 3 aliphatic rings. The molecule has 2 saturated heterocycles. The predicted molar refractivity (Wildman–Crippen MR) is 82.5 cm³/mol. The first-order chi connectivity index (χ1) is 9.53. The van der Waals surface area contributed by atoms with Crippen molar-refractivity contribution in [3.05, 3.63) is 46.5 Å². The molecule has 0 radical (unpaired) electrons. The van der Waals surface area contributed by atoms with Crippen molar-refractivity contribution in [1.82, 2.24) is 4.90 Å². The molecule has 0 saturated carbocycles. The Morgan fingerprint density at radius 3 is 2.75 bits per heavy atom. The number of fused-ring (bicyclic) bond motifs is 1. The highest BCUT2D eigenvalue weighted by atomic mass is 79.9. The number of alkyl halides is 1. The van der Waals surface area contributed by atoms with Crippen molar-refractivity contribution in [1.29, 1.82) is 0 Å². The van der Waals surface area contributed by atoms with E-state index in [2.05, 4.69) is 31.9 Å². The molecule has 4 rings (SSSR count). The molecule has 5 heteroatoms. The van der Waals surface area contributed by atoms with Crippen LogP contribution in [-0.2, 0) is 16.1 Å². The minimum absolute atomic E-state index is 0.0771. The van der Waals surface area contributed by atoms with Crippen LogP contribution in [0.2, 0.25) is 0 Å². The van der Waals surface area contributed by atoms with Crippen molar-refractivity contribution in [2.45, 2.75) is 23.1 Å². The molecular formula is C15H13Br2NO2. The van der Waals surface area contributed by atoms with E-state index in [0.29, 0.717) is 6.54 Å². The van der Waals surface area contributed by atoms with Crippen LogP contribution in [0.5, 0.6) is 0 Å². The van der Waals surface area contributed by atoms with E-state index in [-0.39, 0.29) is 11.8 Å². The Balaban J connectivity index is 1.63. The molecule has 1 aromatic carbocycles. The van der Waals surface area contributed by atoms with Gasteiger partial charge in [-0.3, -0.25) is 4.79 Å². The first-order valence-corrected chi connectivity index (χ1v) is 8.23. The number of rotatable bonds is 2. The van der Waals surface area contributed by atoms with Gasteiger partial charge in [0, 0.05) is 23.5 Å². The summed E-state index contributed by atoms with van der Waals surface area (Å²) in [6, 6.07) is 10.1. The second kappa shape index (κ2) is 4.18. The molecule has 0 aliphatic carbocycles. The number of hydrogen-bond donors (Lipinski definition) is 0. The molecule has 3 heterocycles. The van der Waals surface area contributed by atoms with Gasteiger partial charge in [-0.15, -0.1) is 0 Å². The Labute approximate surface area is 134 Å². The van der Waals surface area contributed by atoms with Crippen LogP contribution in [-0.4, -0.2) is 27.5 Å². The topological polar surface area (TPSA) is 29.5 Å². The summed E-state index contributed by atoms with van der Waals surface area (Å²) in [5, 5.41) is 0. The van der Waals surface area contributed by atoms with Crippen molar-refractivity contribution in [3.63, 3.8) is 0 Å². The van der Waals surface area contributed by atoms with Gasteiger partial charge in [0.15, 0.2) is 5.60 Å². The number of carbonyl (C=O) groups excluding carboxylic acids is 1. The molecule has 1 aromatic rings. The van der Waals surface area contributed by atoms with E-state index >= 15 is 0 Å². The summed E-state index contributed by atoms with van der Waals surface area (Å²) in [5.74, 6) is 0.297. The lowest BCUT2D eigenvalue weighted by atomic mass is 9.85. The highest BCUT2D eigenvalue weighted by Gasteiger charge is 2.69. The molecular weight excluding hydrogens is 386 g/mol. The summed E-state index contributed by atoms with van der Waals surface area (Å²) >= 11 is 7.13. The van der Waals surface area contributed by atoms with Crippen LogP contribution in [0.1, 0.15) is 12.0 Å². The minimum atomic E-state index is -0.779. The molecule has 3 aliphatic heterocycles. The molecule has 2 fully saturated rings. The monoisotopic (exact) mass is 397 g/mol. The third kappa shape index (κ3) is 1.63. The maximum atomic E-state index is 12.8. The zero-order valence-corrected chi connectivity index (χ0v) is 13.9. The van der Waals surface area contributed by atoms with Crippen molar-refractivity contribution < 1.29 is 9.53 Å².